The van der Waals surface area contributed by atoms with Crippen LogP contribution in [0.25, 0.3) is 0 Å². The van der Waals surface area contributed by atoms with Crippen LogP contribution < -0.4 is 0 Å². The lowest BCUT2D eigenvalue weighted by Gasteiger charge is -2.29. The van der Waals surface area contributed by atoms with Gasteiger partial charge in [0.15, 0.2) is 0 Å². The van der Waals surface area contributed by atoms with Gasteiger partial charge in [0.2, 0.25) is 0 Å². The second-order valence-electron chi connectivity index (χ2n) is 8.66. The van der Waals surface area contributed by atoms with Crippen LogP contribution in [0, 0.1) is 0 Å². The van der Waals surface area contributed by atoms with E-state index in [4.69, 9.17) is 5.11 Å². The molecule has 0 aliphatic rings. The molecule has 5 aromatic rings. The molecular formula is C32H28O5. The number of aromatic hydroxyl groups is 5. The molecule has 0 saturated carbocycles. The molecule has 0 heterocycles. The Bertz CT molecular complexity index is 1200. The van der Waals surface area contributed by atoms with Gasteiger partial charge in [-0.15, -0.1) is 0 Å². The standard InChI is InChI=1S/C26H22O4.C6H6O/c27-21-9-1-17(2-10-21)25(18-3-11-22(28)12-4-18)26(19-5-13-23(29)14-6-19)20-7-15-24(30)16-8-20;7-6-4-2-1-3-5-6/h1-16,25-30H;1-5,7H. The lowest BCUT2D eigenvalue weighted by Crippen LogP contribution is -2.14. The van der Waals surface area contributed by atoms with Crippen LogP contribution in [0.5, 0.6) is 28.7 Å². The van der Waals surface area contributed by atoms with Gasteiger partial charge in [0.25, 0.3) is 0 Å². The maximum absolute atomic E-state index is 9.79. The number of phenols is 5. The third-order valence-electron chi connectivity index (χ3n) is 6.10. The quantitative estimate of drug-likeness (QED) is 0.184. The number of benzene rings is 5. The van der Waals surface area contributed by atoms with Crippen LogP contribution >= 0.6 is 0 Å². The molecule has 0 fully saturated rings. The zero-order valence-electron chi connectivity index (χ0n) is 20.0. The van der Waals surface area contributed by atoms with Crippen molar-refractivity contribution in [1.29, 1.82) is 0 Å². The van der Waals surface area contributed by atoms with Crippen molar-refractivity contribution < 1.29 is 25.5 Å². The van der Waals surface area contributed by atoms with Crippen LogP contribution in [0.2, 0.25) is 0 Å². The SMILES string of the molecule is Oc1ccc(C(c2ccc(O)cc2)C(c2ccc(O)cc2)c2ccc(O)cc2)cc1.Oc1ccccc1. The minimum Gasteiger partial charge on any atom is -0.508 e. The Balaban J connectivity index is 0.000000396. The fourth-order valence-corrected chi connectivity index (χ4v) is 4.31. The van der Waals surface area contributed by atoms with Crippen molar-refractivity contribution in [2.45, 2.75) is 11.8 Å². The van der Waals surface area contributed by atoms with Crippen LogP contribution in [0.1, 0.15) is 34.1 Å². The highest BCUT2D eigenvalue weighted by atomic mass is 16.3. The topological polar surface area (TPSA) is 101 Å². The molecule has 5 heteroatoms. The summed E-state index contributed by atoms with van der Waals surface area (Å²) in [6.45, 7) is 0. The van der Waals surface area contributed by atoms with Gasteiger partial charge in [0.05, 0.1) is 0 Å². The Morgan fingerprint density at radius 2 is 0.486 bits per heavy atom. The van der Waals surface area contributed by atoms with Crippen LogP contribution in [-0.4, -0.2) is 25.5 Å². The Morgan fingerprint density at radius 1 is 0.270 bits per heavy atom. The van der Waals surface area contributed by atoms with Gasteiger partial charge in [-0.3, -0.25) is 0 Å². The number of hydrogen-bond acceptors (Lipinski definition) is 5. The molecule has 0 radical (unpaired) electrons. The van der Waals surface area contributed by atoms with Gasteiger partial charge < -0.3 is 25.5 Å². The summed E-state index contributed by atoms with van der Waals surface area (Å²) in [6.07, 6.45) is 0. The van der Waals surface area contributed by atoms with E-state index < -0.39 is 0 Å². The third-order valence-corrected chi connectivity index (χ3v) is 6.10. The Morgan fingerprint density at radius 3 is 0.676 bits per heavy atom. The summed E-state index contributed by atoms with van der Waals surface area (Å²) in [5.74, 6) is 0.800. The van der Waals surface area contributed by atoms with Gasteiger partial charge in [-0.05, 0) is 82.9 Å². The van der Waals surface area contributed by atoms with E-state index in [1.807, 2.05) is 54.6 Å². The zero-order chi connectivity index (χ0) is 26.2. The summed E-state index contributed by atoms with van der Waals surface area (Å²) in [4.78, 5) is 0. The van der Waals surface area contributed by atoms with Crippen molar-refractivity contribution >= 4 is 0 Å². The first-order valence-corrected chi connectivity index (χ1v) is 11.8. The first kappa shape index (κ1) is 25.2. The first-order valence-electron chi connectivity index (χ1n) is 11.8. The van der Waals surface area contributed by atoms with E-state index in [1.54, 1.807) is 72.8 Å². The molecule has 5 N–H and O–H groups in total. The van der Waals surface area contributed by atoms with E-state index in [0.717, 1.165) is 22.3 Å². The number of para-hydroxylation sites is 1. The van der Waals surface area contributed by atoms with E-state index in [0.29, 0.717) is 5.75 Å². The number of phenolic OH excluding ortho intramolecular Hbond substituents is 5. The molecule has 0 aliphatic heterocycles. The van der Waals surface area contributed by atoms with E-state index in [1.165, 1.54) is 0 Å². The van der Waals surface area contributed by atoms with Crippen LogP contribution in [0.4, 0.5) is 0 Å². The lowest BCUT2D eigenvalue weighted by molar-refractivity contribution is 0.473. The molecule has 0 atom stereocenters. The molecule has 0 saturated heterocycles. The second kappa shape index (κ2) is 11.7. The highest BCUT2D eigenvalue weighted by Crippen LogP contribution is 2.44. The molecular weight excluding hydrogens is 464 g/mol. The highest BCUT2D eigenvalue weighted by molar-refractivity contribution is 5.47. The van der Waals surface area contributed by atoms with E-state index in [2.05, 4.69) is 0 Å². The fraction of sp³-hybridized carbons (Fsp3) is 0.0625. The molecule has 0 bridgehead atoms. The monoisotopic (exact) mass is 492 g/mol. The highest BCUT2D eigenvalue weighted by Gasteiger charge is 2.28. The normalized spacial score (nSPS) is 10.6. The van der Waals surface area contributed by atoms with Crippen molar-refractivity contribution in [3.63, 3.8) is 0 Å². The van der Waals surface area contributed by atoms with Crippen LogP contribution in [-0.2, 0) is 0 Å². The van der Waals surface area contributed by atoms with Crippen molar-refractivity contribution in [2.75, 3.05) is 0 Å². The molecule has 0 spiro atoms. The van der Waals surface area contributed by atoms with Gasteiger partial charge in [0.1, 0.15) is 28.7 Å². The maximum atomic E-state index is 9.79. The Hall–Kier alpha value is -4.90. The van der Waals surface area contributed by atoms with E-state index in [-0.39, 0.29) is 34.8 Å². The predicted octanol–water partition coefficient (Wildman–Crippen LogP) is 6.87. The van der Waals surface area contributed by atoms with Crippen LogP contribution in [0.3, 0.4) is 0 Å². The zero-order valence-corrected chi connectivity index (χ0v) is 20.0. The van der Waals surface area contributed by atoms with E-state index in [9.17, 15) is 20.4 Å². The molecule has 5 aromatic carbocycles. The molecule has 0 amide bonds. The number of rotatable bonds is 5. The average Bonchev–Trinajstić information content (AvgIpc) is 2.91. The molecule has 0 aromatic heterocycles. The summed E-state index contributed by atoms with van der Waals surface area (Å²) < 4.78 is 0. The smallest absolute Gasteiger partial charge is 0.115 e. The Kier molecular flexibility index (Phi) is 7.96. The predicted molar refractivity (Wildman–Crippen MR) is 144 cm³/mol. The van der Waals surface area contributed by atoms with Gasteiger partial charge in [-0.1, -0.05) is 66.7 Å². The molecule has 186 valence electrons. The van der Waals surface area contributed by atoms with Gasteiger partial charge in [-0.2, -0.15) is 0 Å². The van der Waals surface area contributed by atoms with Crippen molar-refractivity contribution in [2.24, 2.45) is 0 Å². The van der Waals surface area contributed by atoms with Gasteiger partial charge >= 0.3 is 0 Å². The summed E-state index contributed by atoms with van der Waals surface area (Å²) in [5.41, 5.74) is 3.96. The average molecular weight is 493 g/mol. The molecule has 5 nitrogen and oxygen atoms in total. The lowest BCUT2D eigenvalue weighted by atomic mass is 9.73. The minimum atomic E-state index is -0.139. The molecule has 0 unspecified atom stereocenters. The number of hydrogen-bond donors (Lipinski definition) is 5. The molecule has 0 aliphatic carbocycles. The Labute approximate surface area is 215 Å². The summed E-state index contributed by atoms with van der Waals surface area (Å²) >= 11 is 0. The van der Waals surface area contributed by atoms with Gasteiger partial charge in [0, 0.05) is 11.8 Å². The largest absolute Gasteiger partial charge is 0.508 e. The van der Waals surface area contributed by atoms with Crippen molar-refractivity contribution in [3.8, 4) is 28.7 Å². The summed E-state index contributed by atoms with van der Waals surface area (Å²) in [6, 6.07) is 37.1. The summed E-state index contributed by atoms with van der Waals surface area (Å²) in [7, 11) is 0. The third kappa shape index (κ3) is 6.61. The fourth-order valence-electron chi connectivity index (χ4n) is 4.31. The van der Waals surface area contributed by atoms with E-state index >= 15 is 0 Å². The summed E-state index contributed by atoms with van der Waals surface area (Å²) in [5, 5.41) is 47.8. The molecule has 37 heavy (non-hydrogen) atoms. The molecule has 5 rings (SSSR count). The first-order chi connectivity index (χ1) is 17.9. The maximum Gasteiger partial charge on any atom is 0.115 e. The van der Waals surface area contributed by atoms with Crippen LogP contribution in [0.15, 0.2) is 127 Å². The second-order valence-corrected chi connectivity index (χ2v) is 8.66. The van der Waals surface area contributed by atoms with Crippen molar-refractivity contribution in [3.05, 3.63) is 150 Å². The van der Waals surface area contributed by atoms with Gasteiger partial charge in [-0.25, -0.2) is 0 Å². The minimum absolute atomic E-state index is 0.139. The van der Waals surface area contributed by atoms with Crippen molar-refractivity contribution in [1.82, 2.24) is 0 Å².